The van der Waals surface area contributed by atoms with Crippen molar-refractivity contribution in [2.75, 3.05) is 6.61 Å². The highest BCUT2D eigenvalue weighted by Crippen LogP contribution is 2.40. The number of H-pyrrole nitrogens is 1. The average Bonchev–Trinajstić information content (AvgIpc) is 3.32. The van der Waals surface area contributed by atoms with Gasteiger partial charge in [-0.25, -0.2) is 4.98 Å². The monoisotopic (exact) mass is 352 g/mol. The molecule has 2 aliphatic rings. The van der Waals surface area contributed by atoms with Gasteiger partial charge in [0.25, 0.3) is 0 Å². The van der Waals surface area contributed by atoms with Crippen molar-refractivity contribution < 1.29 is 4.84 Å². The van der Waals surface area contributed by atoms with E-state index in [0.29, 0.717) is 17.8 Å². The van der Waals surface area contributed by atoms with Crippen LogP contribution in [0.5, 0.6) is 0 Å². The van der Waals surface area contributed by atoms with Gasteiger partial charge in [-0.3, -0.25) is 4.40 Å². The first-order chi connectivity index (χ1) is 12.8. The number of oxime groups is 1. The summed E-state index contributed by atoms with van der Waals surface area (Å²) < 4.78 is 2.14. The molecule has 2 aliphatic carbocycles. The number of fused-ring (bicyclic) bond motifs is 3. The van der Waals surface area contributed by atoms with Crippen LogP contribution in [0.4, 0.5) is 0 Å². The number of nitrogens with zero attached hydrogens (tertiary/aromatic N) is 5. The first-order valence-corrected chi connectivity index (χ1v) is 9.68. The smallest absolute Gasteiger partial charge is 0.179 e. The lowest BCUT2D eigenvalue weighted by molar-refractivity contribution is 0.0751. The minimum Gasteiger partial charge on any atom is -0.396 e. The Labute approximate surface area is 151 Å². The van der Waals surface area contributed by atoms with E-state index in [1.807, 2.05) is 12.3 Å². The van der Waals surface area contributed by atoms with E-state index in [2.05, 4.69) is 36.6 Å². The van der Waals surface area contributed by atoms with E-state index < -0.39 is 0 Å². The van der Waals surface area contributed by atoms with Gasteiger partial charge in [-0.05, 0) is 43.6 Å². The Morgan fingerprint density at radius 2 is 2.23 bits per heavy atom. The SMILES string of the molecule is CC[C@@H]1C/C(=N/OCC2CCC2)C[C@@H]1c1nnc2cnc3[nH]ccc3n12. The number of hydrogen-bond donors (Lipinski definition) is 1. The Bertz CT molecular complexity index is 953. The number of aromatic amines is 1. The fraction of sp³-hybridized carbons (Fsp3) is 0.579. The maximum atomic E-state index is 5.66. The van der Waals surface area contributed by atoms with Crippen molar-refractivity contribution in [2.24, 2.45) is 17.0 Å². The van der Waals surface area contributed by atoms with Crippen LogP contribution in [0.1, 0.15) is 57.2 Å². The Hall–Kier alpha value is -2.44. The standard InChI is InChI=1S/C19H24N6O/c1-2-13-8-14(24-26-11-12-4-3-5-12)9-15(13)19-23-22-17-10-21-18-16(25(17)19)6-7-20-18/h6-7,10,12-13,15,20H,2-5,8-9,11H2,1H3/b24-14-/t13-,15+/m1/s1. The molecule has 0 aromatic carbocycles. The number of aromatic nitrogens is 5. The Balaban J connectivity index is 1.44. The van der Waals surface area contributed by atoms with Crippen molar-refractivity contribution in [1.29, 1.82) is 0 Å². The Morgan fingerprint density at radius 3 is 3.04 bits per heavy atom. The third-order valence-electron chi connectivity index (χ3n) is 6.07. The summed E-state index contributed by atoms with van der Waals surface area (Å²) in [6, 6.07) is 2.04. The molecule has 26 heavy (non-hydrogen) atoms. The molecule has 3 heterocycles. The van der Waals surface area contributed by atoms with Crippen molar-refractivity contribution >= 4 is 22.5 Å². The minimum atomic E-state index is 0.321. The number of hydrogen-bond acceptors (Lipinski definition) is 5. The lowest BCUT2D eigenvalue weighted by Crippen LogP contribution is -2.16. The molecule has 0 saturated heterocycles. The minimum absolute atomic E-state index is 0.321. The predicted molar refractivity (Wildman–Crippen MR) is 99.1 cm³/mol. The molecule has 0 radical (unpaired) electrons. The summed E-state index contributed by atoms with van der Waals surface area (Å²) in [7, 11) is 0. The summed E-state index contributed by atoms with van der Waals surface area (Å²) >= 11 is 0. The summed E-state index contributed by atoms with van der Waals surface area (Å²) in [4.78, 5) is 13.2. The maximum absolute atomic E-state index is 5.66. The summed E-state index contributed by atoms with van der Waals surface area (Å²) in [5.74, 6) is 2.58. The topological polar surface area (TPSA) is 80.5 Å². The van der Waals surface area contributed by atoms with E-state index >= 15 is 0 Å². The molecule has 5 rings (SSSR count). The first kappa shape index (κ1) is 15.8. The highest BCUT2D eigenvalue weighted by Gasteiger charge is 2.35. The van der Waals surface area contributed by atoms with Crippen molar-refractivity contribution in [3.8, 4) is 0 Å². The van der Waals surface area contributed by atoms with Crippen molar-refractivity contribution in [2.45, 2.75) is 51.4 Å². The molecular formula is C19H24N6O. The van der Waals surface area contributed by atoms with Crippen LogP contribution in [0.25, 0.3) is 16.8 Å². The second kappa shape index (κ2) is 6.37. The highest BCUT2D eigenvalue weighted by molar-refractivity contribution is 5.87. The molecule has 2 atom stereocenters. The molecule has 2 saturated carbocycles. The van der Waals surface area contributed by atoms with Gasteiger partial charge in [-0.1, -0.05) is 24.9 Å². The van der Waals surface area contributed by atoms with Gasteiger partial charge in [0.1, 0.15) is 12.4 Å². The zero-order valence-corrected chi connectivity index (χ0v) is 15.1. The fourth-order valence-electron chi connectivity index (χ4n) is 4.29. The van der Waals surface area contributed by atoms with Gasteiger partial charge in [-0.15, -0.1) is 10.2 Å². The zero-order chi connectivity index (χ0) is 17.5. The van der Waals surface area contributed by atoms with Crippen LogP contribution in [0.15, 0.2) is 23.6 Å². The second-order valence-corrected chi connectivity index (χ2v) is 7.65. The van der Waals surface area contributed by atoms with Gasteiger partial charge in [0.15, 0.2) is 11.3 Å². The third-order valence-corrected chi connectivity index (χ3v) is 6.07. The normalized spacial score (nSPS) is 25.3. The number of nitrogens with one attached hydrogen (secondary N) is 1. The summed E-state index contributed by atoms with van der Waals surface area (Å²) in [5, 5.41) is 13.4. The molecule has 7 nitrogen and oxygen atoms in total. The average molecular weight is 352 g/mol. The Kier molecular flexibility index (Phi) is 3.87. The van der Waals surface area contributed by atoms with Gasteiger partial charge in [0.2, 0.25) is 0 Å². The van der Waals surface area contributed by atoms with Crippen molar-refractivity contribution in [3.05, 3.63) is 24.3 Å². The Morgan fingerprint density at radius 1 is 1.31 bits per heavy atom. The van der Waals surface area contributed by atoms with Crippen LogP contribution in [0.3, 0.4) is 0 Å². The van der Waals surface area contributed by atoms with Crippen LogP contribution in [-0.4, -0.2) is 36.9 Å². The van der Waals surface area contributed by atoms with E-state index in [-0.39, 0.29) is 0 Å². The molecule has 3 aromatic heterocycles. The van der Waals surface area contributed by atoms with Gasteiger partial charge >= 0.3 is 0 Å². The van der Waals surface area contributed by atoms with E-state index in [1.54, 1.807) is 6.20 Å². The van der Waals surface area contributed by atoms with Crippen LogP contribution in [0.2, 0.25) is 0 Å². The van der Waals surface area contributed by atoms with Crippen molar-refractivity contribution in [1.82, 2.24) is 24.6 Å². The molecule has 3 aromatic rings. The van der Waals surface area contributed by atoms with Crippen LogP contribution >= 0.6 is 0 Å². The molecule has 1 N–H and O–H groups in total. The highest BCUT2D eigenvalue weighted by atomic mass is 16.6. The molecule has 0 amide bonds. The van der Waals surface area contributed by atoms with Crippen LogP contribution < -0.4 is 0 Å². The number of rotatable bonds is 5. The van der Waals surface area contributed by atoms with Gasteiger partial charge in [0.05, 0.1) is 17.4 Å². The lowest BCUT2D eigenvalue weighted by Gasteiger charge is -2.23. The van der Waals surface area contributed by atoms with Crippen molar-refractivity contribution in [3.63, 3.8) is 0 Å². The van der Waals surface area contributed by atoms with E-state index in [4.69, 9.17) is 4.84 Å². The van der Waals surface area contributed by atoms with Crippen LogP contribution in [0, 0.1) is 11.8 Å². The zero-order valence-electron chi connectivity index (χ0n) is 15.1. The molecule has 2 fully saturated rings. The van der Waals surface area contributed by atoms with Gasteiger partial charge in [0, 0.05) is 12.1 Å². The molecule has 0 unspecified atom stereocenters. The maximum Gasteiger partial charge on any atom is 0.179 e. The van der Waals surface area contributed by atoms with E-state index in [9.17, 15) is 0 Å². The van der Waals surface area contributed by atoms with E-state index in [1.165, 1.54) is 19.3 Å². The largest absolute Gasteiger partial charge is 0.396 e. The quantitative estimate of drug-likeness (QED) is 0.710. The molecule has 0 spiro atoms. The summed E-state index contributed by atoms with van der Waals surface area (Å²) in [5.41, 5.74) is 3.86. The summed E-state index contributed by atoms with van der Waals surface area (Å²) in [6.45, 7) is 3.01. The lowest BCUT2D eigenvalue weighted by atomic mass is 9.86. The molecule has 136 valence electrons. The fourth-order valence-corrected chi connectivity index (χ4v) is 4.29. The molecule has 0 bridgehead atoms. The first-order valence-electron chi connectivity index (χ1n) is 9.68. The second-order valence-electron chi connectivity index (χ2n) is 7.65. The predicted octanol–water partition coefficient (Wildman–Crippen LogP) is 3.68. The molecular weight excluding hydrogens is 328 g/mol. The molecule has 0 aliphatic heterocycles. The molecule has 7 heteroatoms. The van der Waals surface area contributed by atoms with Gasteiger partial charge < -0.3 is 9.82 Å². The van der Waals surface area contributed by atoms with Crippen LogP contribution in [-0.2, 0) is 4.84 Å². The summed E-state index contributed by atoms with van der Waals surface area (Å²) in [6.07, 6.45) is 10.6. The third kappa shape index (κ3) is 2.57. The van der Waals surface area contributed by atoms with E-state index in [0.717, 1.165) is 54.2 Å². The van der Waals surface area contributed by atoms with Gasteiger partial charge in [-0.2, -0.15) is 0 Å².